The van der Waals surface area contributed by atoms with E-state index in [0.717, 1.165) is 39.1 Å². The molecule has 24 heavy (non-hydrogen) atoms. The quantitative estimate of drug-likeness (QED) is 0.575. The number of likely N-dealkylation sites (N-methyl/N-ethyl adjacent to an activating group) is 1. The summed E-state index contributed by atoms with van der Waals surface area (Å²) in [5.41, 5.74) is 0.599. The van der Waals surface area contributed by atoms with Crippen molar-refractivity contribution in [2.24, 2.45) is 0 Å². The third-order valence-electron chi connectivity index (χ3n) is 4.31. The summed E-state index contributed by atoms with van der Waals surface area (Å²) in [4.78, 5) is 28.6. The fraction of sp³-hybridized carbons (Fsp3) is 0.556. The highest BCUT2D eigenvalue weighted by atomic mass is 35.5. The van der Waals surface area contributed by atoms with Crippen molar-refractivity contribution < 1.29 is 9.59 Å². The van der Waals surface area contributed by atoms with Gasteiger partial charge in [0, 0.05) is 56.2 Å². The Morgan fingerprint density at radius 2 is 1.75 bits per heavy atom. The molecule has 5 nitrogen and oxygen atoms in total. The molecule has 0 bridgehead atoms. The molecule has 0 unspecified atom stereocenters. The molecule has 1 aromatic rings. The molecule has 0 radical (unpaired) electrons. The summed E-state index contributed by atoms with van der Waals surface area (Å²) in [6.07, 6.45) is 1.41. The van der Waals surface area contributed by atoms with Gasteiger partial charge in [-0.1, -0.05) is 11.6 Å². The largest absolute Gasteiger partial charge is 0.356 e. The Morgan fingerprint density at radius 1 is 1.08 bits per heavy atom. The minimum absolute atomic E-state index is 0.0285. The van der Waals surface area contributed by atoms with Crippen LogP contribution in [0.25, 0.3) is 0 Å². The van der Waals surface area contributed by atoms with Crippen LogP contribution in [0.3, 0.4) is 0 Å². The Morgan fingerprint density at radius 3 is 2.42 bits per heavy atom. The molecule has 0 aromatic heterocycles. The molecule has 0 atom stereocenters. The summed E-state index contributed by atoms with van der Waals surface area (Å²) in [6.45, 7) is 6.09. The van der Waals surface area contributed by atoms with Gasteiger partial charge in [0.15, 0.2) is 5.78 Å². The lowest BCUT2D eigenvalue weighted by Crippen LogP contribution is -2.45. The van der Waals surface area contributed by atoms with Gasteiger partial charge >= 0.3 is 0 Å². The van der Waals surface area contributed by atoms with Gasteiger partial charge in [-0.25, -0.2) is 0 Å². The van der Waals surface area contributed by atoms with Crippen molar-refractivity contribution >= 4 is 23.3 Å². The zero-order chi connectivity index (χ0) is 17.4. The topological polar surface area (TPSA) is 52.6 Å². The summed E-state index contributed by atoms with van der Waals surface area (Å²) in [5, 5.41) is 3.50. The fourth-order valence-electron chi connectivity index (χ4n) is 2.70. The Bertz CT molecular complexity index is 540. The van der Waals surface area contributed by atoms with Gasteiger partial charge in [-0.3, -0.25) is 9.59 Å². The van der Waals surface area contributed by atoms with E-state index in [1.807, 2.05) is 0 Å². The number of benzene rings is 1. The number of nitrogens with zero attached hydrogens (tertiary/aromatic N) is 2. The maximum absolute atomic E-state index is 12.0. The first kappa shape index (κ1) is 18.9. The Hall–Kier alpha value is -1.43. The van der Waals surface area contributed by atoms with Crippen molar-refractivity contribution in [2.45, 2.75) is 19.3 Å². The van der Waals surface area contributed by atoms with Crippen LogP contribution in [0.1, 0.15) is 29.6 Å². The number of carbonyl (C=O) groups is 2. The second-order valence-electron chi connectivity index (χ2n) is 6.28. The van der Waals surface area contributed by atoms with Gasteiger partial charge in [-0.15, -0.1) is 0 Å². The standard InChI is InChI=1S/C18H26ClN3O2/c1-21-11-13-22(14-12-21)10-2-9-20-18(24)8-7-17(23)15-3-5-16(19)6-4-15/h3-6H,2,7-14H2,1H3,(H,20,24). The highest BCUT2D eigenvalue weighted by molar-refractivity contribution is 6.30. The van der Waals surface area contributed by atoms with E-state index in [2.05, 4.69) is 22.2 Å². The number of amides is 1. The van der Waals surface area contributed by atoms with Crippen molar-refractivity contribution in [2.75, 3.05) is 46.3 Å². The Labute approximate surface area is 149 Å². The van der Waals surface area contributed by atoms with Crippen molar-refractivity contribution in [3.8, 4) is 0 Å². The lowest BCUT2D eigenvalue weighted by Gasteiger charge is -2.32. The summed E-state index contributed by atoms with van der Waals surface area (Å²) < 4.78 is 0. The fourth-order valence-corrected chi connectivity index (χ4v) is 2.82. The van der Waals surface area contributed by atoms with Gasteiger partial charge in [-0.2, -0.15) is 0 Å². The average Bonchev–Trinajstić information content (AvgIpc) is 2.59. The van der Waals surface area contributed by atoms with Crippen molar-refractivity contribution in [3.63, 3.8) is 0 Å². The lowest BCUT2D eigenvalue weighted by molar-refractivity contribution is -0.121. The number of rotatable bonds is 8. The van der Waals surface area contributed by atoms with E-state index in [1.54, 1.807) is 24.3 Å². The summed E-state index contributed by atoms with van der Waals surface area (Å²) in [5.74, 6) is -0.0880. The minimum atomic E-state index is -0.0595. The molecule has 2 rings (SSSR count). The van der Waals surface area contributed by atoms with Crippen LogP contribution >= 0.6 is 11.6 Å². The number of carbonyl (C=O) groups excluding carboxylic acids is 2. The maximum atomic E-state index is 12.0. The number of nitrogens with one attached hydrogen (secondary N) is 1. The number of ketones is 1. The van der Waals surface area contributed by atoms with E-state index in [-0.39, 0.29) is 24.5 Å². The smallest absolute Gasteiger partial charge is 0.220 e. The average molecular weight is 352 g/mol. The van der Waals surface area contributed by atoms with E-state index in [0.29, 0.717) is 17.1 Å². The minimum Gasteiger partial charge on any atom is -0.356 e. The molecule has 132 valence electrons. The molecule has 0 aliphatic carbocycles. The van der Waals surface area contributed by atoms with Crippen LogP contribution in [0.2, 0.25) is 5.02 Å². The Kier molecular flexibility index (Phi) is 7.69. The number of Topliss-reactive ketones (excluding diaryl/α,β-unsaturated/α-hetero) is 1. The molecule has 1 heterocycles. The third-order valence-corrected chi connectivity index (χ3v) is 4.57. The third kappa shape index (κ3) is 6.59. The lowest BCUT2D eigenvalue weighted by atomic mass is 10.1. The van der Waals surface area contributed by atoms with Gasteiger partial charge in [0.1, 0.15) is 0 Å². The van der Waals surface area contributed by atoms with Gasteiger partial charge in [0.25, 0.3) is 0 Å². The summed E-state index contributed by atoms with van der Waals surface area (Å²) >= 11 is 5.80. The number of halogens is 1. The number of piperazine rings is 1. The molecule has 0 saturated carbocycles. The van der Waals surface area contributed by atoms with Crippen LogP contribution in [0.5, 0.6) is 0 Å². The zero-order valence-electron chi connectivity index (χ0n) is 14.3. The molecule has 6 heteroatoms. The van der Waals surface area contributed by atoms with E-state index in [1.165, 1.54) is 0 Å². The molecule has 1 aliphatic rings. The highest BCUT2D eigenvalue weighted by Gasteiger charge is 2.13. The molecule has 1 N–H and O–H groups in total. The van der Waals surface area contributed by atoms with Crippen LogP contribution in [-0.4, -0.2) is 67.8 Å². The first-order valence-corrected chi connectivity index (χ1v) is 8.89. The molecule has 1 fully saturated rings. The molecular weight excluding hydrogens is 326 g/mol. The van der Waals surface area contributed by atoms with Gasteiger partial charge in [0.05, 0.1) is 0 Å². The van der Waals surface area contributed by atoms with Gasteiger partial charge in [-0.05, 0) is 44.3 Å². The predicted octanol–water partition coefficient (Wildman–Crippen LogP) is 2.06. The summed E-state index contributed by atoms with van der Waals surface area (Å²) in [6, 6.07) is 6.76. The second-order valence-corrected chi connectivity index (χ2v) is 6.71. The first-order chi connectivity index (χ1) is 11.5. The highest BCUT2D eigenvalue weighted by Crippen LogP contribution is 2.11. The van der Waals surface area contributed by atoms with Gasteiger partial charge < -0.3 is 15.1 Å². The molecule has 1 saturated heterocycles. The van der Waals surface area contributed by atoms with E-state index < -0.39 is 0 Å². The van der Waals surface area contributed by atoms with E-state index in [4.69, 9.17) is 11.6 Å². The Balaban J connectivity index is 1.56. The molecule has 1 amide bonds. The number of hydrogen-bond donors (Lipinski definition) is 1. The second kappa shape index (κ2) is 9.77. The van der Waals surface area contributed by atoms with E-state index in [9.17, 15) is 9.59 Å². The van der Waals surface area contributed by atoms with Crippen LogP contribution in [-0.2, 0) is 4.79 Å². The SMILES string of the molecule is CN1CCN(CCCNC(=O)CCC(=O)c2ccc(Cl)cc2)CC1. The van der Waals surface area contributed by atoms with Crippen LogP contribution in [0.4, 0.5) is 0 Å². The summed E-state index contributed by atoms with van der Waals surface area (Å²) in [7, 11) is 2.14. The van der Waals surface area contributed by atoms with Crippen LogP contribution in [0.15, 0.2) is 24.3 Å². The monoisotopic (exact) mass is 351 g/mol. The van der Waals surface area contributed by atoms with Crippen LogP contribution < -0.4 is 5.32 Å². The zero-order valence-corrected chi connectivity index (χ0v) is 15.0. The van der Waals surface area contributed by atoms with Crippen molar-refractivity contribution in [1.82, 2.24) is 15.1 Å². The maximum Gasteiger partial charge on any atom is 0.220 e. The van der Waals surface area contributed by atoms with Crippen molar-refractivity contribution in [3.05, 3.63) is 34.9 Å². The predicted molar refractivity (Wildman–Crippen MR) is 96.6 cm³/mol. The molecule has 1 aliphatic heterocycles. The molecule has 0 spiro atoms. The van der Waals surface area contributed by atoms with Gasteiger partial charge in [0.2, 0.25) is 5.91 Å². The molecular formula is C18H26ClN3O2. The first-order valence-electron chi connectivity index (χ1n) is 8.51. The molecule has 1 aromatic carbocycles. The van der Waals surface area contributed by atoms with Crippen molar-refractivity contribution in [1.29, 1.82) is 0 Å². The number of hydrogen-bond acceptors (Lipinski definition) is 4. The van der Waals surface area contributed by atoms with Crippen LogP contribution in [0, 0.1) is 0 Å². The van der Waals surface area contributed by atoms with E-state index >= 15 is 0 Å². The normalized spacial score (nSPS) is 16.1.